The monoisotopic (exact) mass is 623 g/mol. The van der Waals surface area contributed by atoms with Gasteiger partial charge in [0.1, 0.15) is 29.2 Å². The van der Waals surface area contributed by atoms with Gasteiger partial charge in [-0.3, -0.25) is 4.90 Å². The molecule has 5 aromatic rings. The zero-order valence-corrected chi connectivity index (χ0v) is 26.2. The Morgan fingerprint density at radius 3 is 2.24 bits per heavy atom. The standard InChI is InChI=1S/C34H37N7O3S/c1-39-19-21-41(22-20-39)31-33(36-30-10-6-5-9-29(30)35-31)45-34-38-37-32(44-34)25-11-13-26(14-12-25)42-24-23-40-17-15-28(16-18-40)43-27-7-3-2-4-8-27/h2-14,28H,15-24H2,1H3. The number of hydrogen-bond acceptors (Lipinski definition) is 11. The predicted molar refractivity (Wildman–Crippen MR) is 175 cm³/mol. The van der Waals surface area contributed by atoms with Crippen LogP contribution in [-0.4, -0.2) is 95.5 Å². The van der Waals surface area contributed by atoms with E-state index in [0.717, 1.165) is 97.6 Å². The van der Waals surface area contributed by atoms with Gasteiger partial charge in [0.05, 0.1) is 11.0 Å². The summed E-state index contributed by atoms with van der Waals surface area (Å²) in [6.45, 7) is 7.29. The lowest BCUT2D eigenvalue weighted by atomic mass is 10.1. The molecule has 2 aliphatic heterocycles. The van der Waals surface area contributed by atoms with Gasteiger partial charge in [-0.25, -0.2) is 9.97 Å². The molecule has 0 N–H and O–H groups in total. The summed E-state index contributed by atoms with van der Waals surface area (Å²) >= 11 is 1.36. The van der Waals surface area contributed by atoms with Crippen LogP contribution in [0.15, 0.2) is 93.5 Å². The Labute approximate surface area is 267 Å². The van der Waals surface area contributed by atoms with Crippen LogP contribution in [0.2, 0.25) is 0 Å². The molecule has 7 rings (SSSR count). The molecular formula is C34H37N7O3S. The van der Waals surface area contributed by atoms with Crippen molar-refractivity contribution in [2.24, 2.45) is 0 Å². The van der Waals surface area contributed by atoms with Crippen LogP contribution in [0.3, 0.4) is 0 Å². The van der Waals surface area contributed by atoms with Gasteiger partial charge in [-0.1, -0.05) is 30.3 Å². The quantitative estimate of drug-likeness (QED) is 0.197. The van der Waals surface area contributed by atoms with Crippen molar-refractivity contribution in [3.05, 3.63) is 78.9 Å². The maximum Gasteiger partial charge on any atom is 0.283 e. The van der Waals surface area contributed by atoms with Crippen molar-refractivity contribution in [3.63, 3.8) is 0 Å². The predicted octanol–water partition coefficient (Wildman–Crippen LogP) is 5.51. The van der Waals surface area contributed by atoms with Crippen LogP contribution in [0.5, 0.6) is 11.5 Å². The van der Waals surface area contributed by atoms with Crippen molar-refractivity contribution in [1.82, 2.24) is 30.0 Å². The summed E-state index contributed by atoms with van der Waals surface area (Å²) in [5.41, 5.74) is 2.56. The van der Waals surface area contributed by atoms with Crippen LogP contribution in [0.1, 0.15) is 12.8 Å². The van der Waals surface area contributed by atoms with Gasteiger partial charge in [-0.2, -0.15) is 0 Å². The first-order valence-electron chi connectivity index (χ1n) is 15.6. The third-order valence-corrected chi connectivity index (χ3v) is 9.08. The fourth-order valence-corrected chi connectivity index (χ4v) is 6.42. The zero-order valence-electron chi connectivity index (χ0n) is 25.4. The number of piperazine rings is 1. The molecule has 0 amide bonds. The number of likely N-dealkylation sites (tertiary alicyclic amines) is 1. The zero-order chi connectivity index (χ0) is 30.4. The molecule has 11 heteroatoms. The molecular weight excluding hydrogens is 586 g/mol. The van der Waals surface area contributed by atoms with Crippen LogP contribution >= 0.6 is 11.8 Å². The molecule has 3 aromatic carbocycles. The minimum atomic E-state index is 0.278. The largest absolute Gasteiger partial charge is 0.492 e. The number of benzene rings is 3. The van der Waals surface area contributed by atoms with Crippen LogP contribution in [0.25, 0.3) is 22.5 Å². The Morgan fingerprint density at radius 1 is 0.778 bits per heavy atom. The molecule has 2 fully saturated rings. The summed E-state index contributed by atoms with van der Waals surface area (Å²) in [6, 6.07) is 25.8. The topological polar surface area (TPSA) is 92.9 Å². The van der Waals surface area contributed by atoms with Gasteiger partial charge in [0.2, 0.25) is 5.89 Å². The Bertz CT molecular complexity index is 1690. The van der Waals surface area contributed by atoms with Crippen molar-refractivity contribution in [2.45, 2.75) is 29.2 Å². The number of piperidine rings is 1. The van der Waals surface area contributed by atoms with E-state index in [-0.39, 0.29) is 6.10 Å². The molecule has 4 heterocycles. The Hall–Kier alpha value is -4.19. The summed E-state index contributed by atoms with van der Waals surface area (Å²) < 4.78 is 18.3. The minimum absolute atomic E-state index is 0.278. The smallest absolute Gasteiger partial charge is 0.283 e. The molecule has 2 saturated heterocycles. The normalized spacial score (nSPS) is 16.7. The number of ether oxygens (including phenoxy) is 2. The summed E-state index contributed by atoms with van der Waals surface area (Å²) in [6.07, 6.45) is 2.33. The molecule has 0 radical (unpaired) electrons. The average Bonchev–Trinajstić information content (AvgIpc) is 3.55. The molecule has 2 aromatic heterocycles. The first-order chi connectivity index (χ1) is 22.2. The molecule has 10 nitrogen and oxygen atoms in total. The van der Waals surface area contributed by atoms with E-state index in [1.54, 1.807) is 0 Å². The highest BCUT2D eigenvalue weighted by Crippen LogP contribution is 2.35. The number of aromatic nitrogens is 4. The average molecular weight is 624 g/mol. The Balaban J connectivity index is 0.933. The second kappa shape index (κ2) is 13.8. The van der Waals surface area contributed by atoms with Crippen LogP contribution in [0, 0.1) is 0 Å². The van der Waals surface area contributed by atoms with Crippen LogP contribution in [0.4, 0.5) is 5.82 Å². The molecule has 0 bridgehead atoms. The van der Waals surface area contributed by atoms with Gasteiger partial charge in [0.15, 0.2) is 5.82 Å². The maximum absolute atomic E-state index is 6.12. The summed E-state index contributed by atoms with van der Waals surface area (Å²) in [5.74, 6) is 3.09. The van der Waals surface area contributed by atoms with E-state index in [0.29, 0.717) is 17.7 Å². The fraction of sp³-hybridized carbons (Fsp3) is 0.353. The molecule has 0 spiro atoms. The Kier molecular flexibility index (Phi) is 9.08. The van der Waals surface area contributed by atoms with Crippen molar-refractivity contribution in [1.29, 1.82) is 0 Å². The van der Waals surface area contributed by atoms with E-state index in [1.807, 2.05) is 78.9 Å². The van der Waals surface area contributed by atoms with Crippen LogP contribution in [-0.2, 0) is 0 Å². The van der Waals surface area contributed by atoms with Crippen LogP contribution < -0.4 is 14.4 Å². The Morgan fingerprint density at radius 2 is 1.49 bits per heavy atom. The molecule has 0 atom stereocenters. The summed E-state index contributed by atoms with van der Waals surface area (Å²) in [4.78, 5) is 17.0. The summed E-state index contributed by atoms with van der Waals surface area (Å²) in [5, 5.41) is 9.85. The minimum Gasteiger partial charge on any atom is -0.492 e. The number of hydrogen-bond donors (Lipinski definition) is 0. The second-order valence-corrected chi connectivity index (χ2v) is 12.4. The molecule has 2 aliphatic rings. The number of nitrogens with zero attached hydrogens (tertiary/aromatic N) is 7. The first kappa shape index (κ1) is 29.5. The molecule has 232 valence electrons. The molecule has 0 aliphatic carbocycles. The van der Waals surface area contributed by atoms with E-state index in [1.165, 1.54) is 11.8 Å². The highest BCUT2D eigenvalue weighted by atomic mass is 32.2. The van der Waals surface area contributed by atoms with Gasteiger partial charge in [0.25, 0.3) is 5.22 Å². The van der Waals surface area contributed by atoms with E-state index in [4.69, 9.17) is 23.9 Å². The van der Waals surface area contributed by atoms with Gasteiger partial charge >= 0.3 is 0 Å². The van der Waals surface area contributed by atoms with E-state index in [9.17, 15) is 0 Å². The van der Waals surface area contributed by atoms with E-state index < -0.39 is 0 Å². The number of fused-ring (bicyclic) bond motifs is 1. The lowest BCUT2D eigenvalue weighted by Gasteiger charge is -2.33. The number of para-hydroxylation sites is 3. The van der Waals surface area contributed by atoms with Gasteiger partial charge < -0.3 is 23.7 Å². The molecule has 0 saturated carbocycles. The number of likely N-dealkylation sites (N-methyl/N-ethyl adjacent to an activating group) is 1. The van der Waals surface area contributed by atoms with E-state index in [2.05, 4.69) is 31.9 Å². The first-order valence-corrected chi connectivity index (χ1v) is 16.4. The summed E-state index contributed by atoms with van der Waals surface area (Å²) in [7, 11) is 2.14. The maximum atomic E-state index is 6.12. The van der Waals surface area contributed by atoms with Gasteiger partial charge in [-0.15, -0.1) is 10.2 Å². The fourth-order valence-electron chi connectivity index (χ4n) is 5.65. The SMILES string of the molecule is CN1CCN(c2nc3ccccc3nc2Sc2nnc(-c3ccc(OCCN4CCC(Oc5ccccc5)CC4)cc3)o2)CC1. The molecule has 0 unspecified atom stereocenters. The van der Waals surface area contributed by atoms with Gasteiger partial charge in [0, 0.05) is 51.4 Å². The van der Waals surface area contributed by atoms with Crippen molar-refractivity contribution < 1.29 is 13.9 Å². The van der Waals surface area contributed by atoms with Crippen molar-refractivity contribution in [2.75, 3.05) is 64.4 Å². The second-order valence-electron chi connectivity index (χ2n) is 11.5. The van der Waals surface area contributed by atoms with E-state index >= 15 is 0 Å². The third-order valence-electron chi connectivity index (χ3n) is 8.27. The highest BCUT2D eigenvalue weighted by molar-refractivity contribution is 7.99. The van der Waals surface area contributed by atoms with Crippen molar-refractivity contribution in [3.8, 4) is 23.0 Å². The number of rotatable bonds is 10. The highest BCUT2D eigenvalue weighted by Gasteiger charge is 2.23. The lowest BCUT2D eigenvalue weighted by molar-refractivity contribution is 0.0915. The lowest BCUT2D eigenvalue weighted by Crippen LogP contribution is -2.45. The van der Waals surface area contributed by atoms with Crippen molar-refractivity contribution >= 4 is 28.6 Å². The third kappa shape index (κ3) is 7.38. The number of anilines is 1. The molecule has 45 heavy (non-hydrogen) atoms. The van der Waals surface area contributed by atoms with Gasteiger partial charge in [-0.05, 0) is 80.2 Å².